The summed E-state index contributed by atoms with van der Waals surface area (Å²) < 4.78 is 5.55. The van der Waals surface area contributed by atoms with Crippen molar-refractivity contribution in [3.05, 3.63) is 36.9 Å². The van der Waals surface area contributed by atoms with E-state index in [2.05, 4.69) is 19.7 Å². The maximum Gasteiger partial charge on any atom is 0.185 e. The number of benzene rings is 1. The highest BCUT2D eigenvalue weighted by Crippen LogP contribution is 2.16. The molecule has 1 aromatic carbocycles. The van der Waals surface area contributed by atoms with Crippen molar-refractivity contribution in [3.8, 4) is 5.75 Å². The standard InChI is InChI=1S/C11H15ClOSi/c1-4-9-13-10-7-5-6-8-11(10)14(2,3)12/h4-8H,1,9H2,2-3H3. The third kappa shape index (κ3) is 2.89. The van der Waals surface area contributed by atoms with Crippen molar-refractivity contribution >= 4 is 23.6 Å². The summed E-state index contributed by atoms with van der Waals surface area (Å²) in [6, 6.07) is 7.94. The summed E-state index contributed by atoms with van der Waals surface area (Å²) in [7, 11) is -1.81. The predicted octanol–water partition coefficient (Wildman–Crippen LogP) is 2.90. The molecule has 0 unspecified atom stereocenters. The van der Waals surface area contributed by atoms with Crippen molar-refractivity contribution < 1.29 is 4.74 Å². The van der Waals surface area contributed by atoms with Crippen LogP contribution in [0.3, 0.4) is 0 Å². The Kier molecular flexibility index (Phi) is 3.78. The van der Waals surface area contributed by atoms with Crippen LogP contribution in [0.25, 0.3) is 0 Å². The number of hydrogen-bond donors (Lipinski definition) is 0. The van der Waals surface area contributed by atoms with E-state index in [4.69, 9.17) is 15.8 Å². The maximum atomic E-state index is 6.38. The lowest BCUT2D eigenvalue weighted by molar-refractivity contribution is 0.366. The van der Waals surface area contributed by atoms with E-state index in [-0.39, 0.29) is 0 Å². The van der Waals surface area contributed by atoms with E-state index >= 15 is 0 Å². The largest absolute Gasteiger partial charge is 0.490 e. The predicted molar refractivity (Wildman–Crippen MR) is 65.1 cm³/mol. The highest BCUT2D eigenvalue weighted by Gasteiger charge is 2.23. The summed E-state index contributed by atoms with van der Waals surface area (Å²) in [5.41, 5.74) is 0. The first-order chi connectivity index (χ1) is 6.55. The van der Waals surface area contributed by atoms with Crippen molar-refractivity contribution in [3.63, 3.8) is 0 Å². The Morgan fingerprint density at radius 2 is 2.07 bits per heavy atom. The van der Waals surface area contributed by atoms with Crippen LogP contribution in [0.4, 0.5) is 0 Å². The Balaban J connectivity index is 2.97. The van der Waals surface area contributed by atoms with E-state index < -0.39 is 7.38 Å². The Hall–Kier alpha value is -0.733. The molecule has 0 bridgehead atoms. The van der Waals surface area contributed by atoms with Gasteiger partial charge >= 0.3 is 0 Å². The molecular weight excluding hydrogens is 212 g/mol. The number of hydrogen-bond acceptors (Lipinski definition) is 1. The molecule has 0 heterocycles. The molecule has 14 heavy (non-hydrogen) atoms. The third-order valence-electron chi connectivity index (χ3n) is 1.88. The van der Waals surface area contributed by atoms with Crippen molar-refractivity contribution in [1.29, 1.82) is 0 Å². The molecule has 0 saturated carbocycles. The molecule has 76 valence electrons. The number of halogens is 1. The smallest absolute Gasteiger partial charge is 0.185 e. The second kappa shape index (κ2) is 4.67. The normalized spacial score (nSPS) is 11.1. The van der Waals surface area contributed by atoms with Crippen LogP contribution in [0.2, 0.25) is 13.1 Å². The quantitative estimate of drug-likeness (QED) is 0.436. The Labute approximate surface area is 91.1 Å². The first-order valence-electron chi connectivity index (χ1n) is 4.58. The summed E-state index contributed by atoms with van der Waals surface area (Å²) in [4.78, 5) is 0. The molecular formula is C11H15ClOSi. The Morgan fingerprint density at radius 1 is 1.43 bits per heavy atom. The summed E-state index contributed by atoms with van der Waals surface area (Å²) >= 11 is 6.38. The minimum atomic E-state index is -1.81. The van der Waals surface area contributed by atoms with Crippen molar-refractivity contribution in [1.82, 2.24) is 0 Å². The first kappa shape index (κ1) is 11.3. The zero-order valence-corrected chi connectivity index (χ0v) is 10.3. The molecule has 0 aliphatic heterocycles. The van der Waals surface area contributed by atoms with Gasteiger partial charge in [0.05, 0.1) is 0 Å². The fourth-order valence-electron chi connectivity index (χ4n) is 1.23. The Morgan fingerprint density at radius 3 is 2.64 bits per heavy atom. The molecule has 0 radical (unpaired) electrons. The first-order valence-corrected chi connectivity index (χ1v) is 8.59. The van der Waals surface area contributed by atoms with Gasteiger partial charge in [-0.25, -0.2) is 0 Å². The van der Waals surface area contributed by atoms with Crippen LogP contribution in [0, 0.1) is 0 Å². The summed E-state index contributed by atoms with van der Waals surface area (Å²) in [5.74, 6) is 0.888. The topological polar surface area (TPSA) is 9.23 Å². The molecule has 0 aliphatic carbocycles. The fraction of sp³-hybridized carbons (Fsp3) is 0.273. The van der Waals surface area contributed by atoms with Crippen LogP contribution in [0.15, 0.2) is 36.9 Å². The summed E-state index contributed by atoms with van der Waals surface area (Å²) in [6.45, 7) is 8.32. The molecule has 0 atom stereocenters. The fourth-order valence-corrected chi connectivity index (χ4v) is 2.93. The lowest BCUT2D eigenvalue weighted by Crippen LogP contribution is -2.36. The minimum Gasteiger partial charge on any atom is -0.490 e. The van der Waals surface area contributed by atoms with E-state index in [1.54, 1.807) is 6.08 Å². The van der Waals surface area contributed by atoms with Gasteiger partial charge in [-0.2, -0.15) is 11.1 Å². The average molecular weight is 227 g/mol. The van der Waals surface area contributed by atoms with Crippen LogP contribution >= 0.6 is 11.1 Å². The van der Waals surface area contributed by atoms with Crippen molar-refractivity contribution in [2.24, 2.45) is 0 Å². The van der Waals surface area contributed by atoms with Crippen molar-refractivity contribution in [2.75, 3.05) is 6.61 Å². The van der Waals surface area contributed by atoms with E-state index in [1.165, 1.54) is 0 Å². The van der Waals surface area contributed by atoms with E-state index in [1.807, 2.05) is 24.3 Å². The molecule has 3 heteroatoms. The molecule has 0 aliphatic rings. The lowest BCUT2D eigenvalue weighted by atomic mass is 10.3. The lowest BCUT2D eigenvalue weighted by Gasteiger charge is -2.17. The van der Waals surface area contributed by atoms with Crippen molar-refractivity contribution in [2.45, 2.75) is 13.1 Å². The van der Waals surface area contributed by atoms with Gasteiger partial charge in [0.2, 0.25) is 0 Å². The zero-order chi connectivity index (χ0) is 10.6. The molecule has 0 aromatic heterocycles. The molecule has 1 nitrogen and oxygen atoms in total. The van der Waals surface area contributed by atoms with Gasteiger partial charge in [-0.3, -0.25) is 0 Å². The SMILES string of the molecule is C=CCOc1ccccc1[Si](C)(C)Cl. The second-order valence-corrected chi connectivity index (χ2v) is 9.89. The third-order valence-corrected chi connectivity index (χ3v) is 4.19. The minimum absolute atomic E-state index is 0.526. The molecule has 1 rings (SSSR count). The Bertz CT molecular complexity index is 317. The number of para-hydroxylation sites is 1. The van der Waals surface area contributed by atoms with Crippen LogP contribution in [0.5, 0.6) is 5.75 Å². The number of ether oxygens (including phenoxy) is 1. The monoisotopic (exact) mass is 226 g/mol. The van der Waals surface area contributed by atoms with Gasteiger partial charge in [0.25, 0.3) is 0 Å². The van der Waals surface area contributed by atoms with Crippen LogP contribution in [-0.2, 0) is 0 Å². The molecule has 0 spiro atoms. The maximum absolute atomic E-state index is 6.38. The molecule has 0 saturated heterocycles. The molecule has 0 amide bonds. The van der Waals surface area contributed by atoms with Gasteiger partial charge in [0.1, 0.15) is 12.4 Å². The second-order valence-electron chi connectivity index (χ2n) is 3.57. The van der Waals surface area contributed by atoms with Gasteiger partial charge < -0.3 is 4.74 Å². The summed E-state index contributed by atoms with van der Waals surface area (Å²) in [5, 5.41) is 1.14. The zero-order valence-electron chi connectivity index (χ0n) is 8.59. The van der Waals surface area contributed by atoms with E-state index in [0.29, 0.717) is 6.61 Å². The van der Waals surface area contributed by atoms with E-state index in [9.17, 15) is 0 Å². The molecule has 0 N–H and O–H groups in total. The van der Waals surface area contributed by atoms with Gasteiger partial charge in [-0.15, -0.1) is 0 Å². The highest BCUT2D eigenvalue weighted by atomic mass is 35.6. The van der Waals surface area contributed by atoms with Gasteiger partial charge in [0, 0.05) is 0 Å². The molecule has 1 aromatic rings. The van der Waals surface area contributed by atoms with Gasteiger partial charge in [0.15, 0.2) is 7.38 Å². The highest BCUT2D eigenvalue weighted by molar-refractivity contribution is 7.26. The average Bonchev–Trinajstić information content (AvgIpc) is 2.14. The van der Waals surface area contributed by atoms with Crippen LogP contribution in [0.1, 0.15) is 0 Å². The molecule has 0 fully saturated rings. The summed E-state index contributed by atoms with van der Waals surface area (Å²) in [6.07, 6.45) is 1.74. The number of rotatable bonds is 4. The van der Waals surface area contributed by atoms with Crippen LogP contribution in [-0.4, -0.2) is 14.0 Å². The van der Waals surface area contributed by atoms with Gasteiger partial charge in [-0.05, 0) is 11.3 Å². The van der Waals surface area contributed by atoms with E-state index in [0.717, 1.165) is 10.9 Å². The van der Waals surface area contributed by atoms with Crippen LogP contribution < -0.4 is 9.92 Å². The van der Waals surface area contributed by atoms with Gasteiger partial charge in [-0.1, -0.05) is 43.9 Å².